The number of aryl methyl sites for hydroxylation is 1. The van der Waals surface area contributed by atoms with Crippen LogP contribution in [-0.2, 0) is 6.42 Å². The van der Waals surface area contributed by atoms with Crippen molar-refractivity contribution in [1.82, 2.24) is 5.32 Å². The van der Waals surface area contributed by atoms with Gasteiger partial charge in [0.05, 0.1) is 6.04 Å². The molecule has 2 amide bonds. The average molecular weight is 419 g/mol. The Hall–Kier alpha value is -3.11. The van der Waals surface area contributed by atoms with E-state index in [2.05, 4.69) is 5.32 Å². The summed E-state index contributed by atoms with van der Waals surface area (Å²) < 4.78 is 0. The SMILES string of the molecule is CC(NC(=O)c1ccc2c(c1)CCCN2C(=O)c1cccc(Cl)c1)c1ccccc1. The van der Waals surface area contributed by atoms with E-state index >= 15 is 0 Å². The fourth-order valence-electron chi connectivity index (χ4n) is 3.83. The quantitative estimate of drug-likeness (QED) is 0.614. The molecule has 0 aliphatic carbocycles. The van der Waals surface area contributed by atoms with Crippen LogP contribution in [0.2, 0.25) is 5.02 Å². The van der Waals surface area contributed by atoms with E-state index in [1.54, 1.807) is 35.2 Å². The molecule has 152 valence electrons. The van der Waals surface area contributed by atoms with Crippen LogP contribution >= 0.6 is 11.6 Å². The molecule has 1 aliphatic heterocycles. The topological polar surface area (TPSA) is 49.4 Å². The first-order valence-corrected chi connectivity index (χ1v) is 10.5. The molecular weight excluding hydrogens is 396 g/mol. The smallest absolute Gasteiger partial charge is 0.258 e. The van der Waals surface area contributed by atoms with Crippen molar-refractivity contribution in [3.05, 3.63) is 100 Å². The van der Waals surface area contributed by atoms with Gasteiger partial charge < -0.3 is 10.2 Å². The first-order chi connectivity index (χ1) is 14.5. The van der Waals surface area contributed by atoms with E-state index in [1.807, 2.05) is 49.4 Å². The van der Waals surface area contributed by atoms with E-state index in [9.17, 15) is 9.59 Å². The van der Waals surface area contributed by atoms with Crippen LogP contribution in [0.3, 0.4) is 0 Å². The zero-order valence-electron chi connectivity index (χ0n) is 16.8. The van der Waals surface area contributed by atoms with Gasteiger partial charge in [-0.1, -0.05) is 48.0 Å². The van der Waals surface area contributed by atoms with Gasteiger partial charge >= 0.3 is 0 Å². The highest BCUT2D eigenvalue weighted by molar-refractivity contribution is 6.31. The zero-order chi connectivity index (χ0) is 21.1. The van der Waals surface area contributed by atoms with Crippen LogP contribution in [0.4, 0.5) is 5.69 Å². The maximum absolute atomic E-state index is 13.0. The number of halogens is 1. The third-order valence-corrected chi connectivity index (χ3v) is 5.66. The lowest BCUT2D eigenvalue weighted by Gasteiger charge is -2.30. The van der Waals surface area contributed by atoms with Crippen LogP contribution in [0.25, 0.3) is 0 Å². The van der Waals surface area contributed by atoms with Crippen molar-refractivity contribution >= 4 is 29.1 Å². The second-order valence-electron chi connectivity index (χ2n) is 7.52. The van der Waals surface area contributed by atoms with Gasteiger partial charge in [0, 0.05) is 28.4 Å². The molecule has 4 nitrogen and oxygen atoms in total. The molecule has 1 heterocycles. The summed E-state index contributed by atoms with van der Waals surface area (Å²) in [6.07, 6.45) is 1.69. The van der Waals surface area contributed by atoms with E-state index in [-0.39, 0.29) is 17.9 Å². The molecule has 3 aromatic rings. The number of benzene rings is 3. The monoisotopic (exact) mass is 418 g/mol. The number of nitrogens with zero attached hydrogens (tertiary/aromatic N) is 1. The molecule has 0 bridgehead atoms. The number of carbonyl (C=O) groups is 2. The minimum Gasteiger partial charge on any atom is -0.346 e. The van der Waals surface area contributed by atoms with Crippen LogP contribution in [0.5, 0.6) is 0 Å². The summed E-state index contributed by atoms with van der Waals surface area (Å²) in [6.45, 7) is 2.62. The van der Waals surface area contributed by atoms with Crippen molar-refractivity contribution in [2.45, 2.75) is 25.8 Å². The Bertz CT molecular complexity index is 1080. The van der Waals surface area contributed by atoms with Crippen LogP contribution in [0, 0.1) is 0 Å². The zero-order valence-corrected chi connectivity index (χ0v) is 17.5. The summed E-state index contributed by atoms with van der Waals surface area (Å²) in [7, 11) is 0. The van der Waals surface area contributed by atoms with Crippen molar-refractivity contribution in [3.8, 4) is 0 Å². The second-order valence-corrected chi connectivity index (χ2v) is 7.96. The highest BCUT2D eigenvalue weighted by atomic mass is 35.5. The van der Waals surface area contributed by atoms with Crippen molar-refractivity contribution in [2.75, 3.05) is 11.4 Å². The fraction of sp³-hybridized carbons (Fsp3) is 0.200. The number of anilines is 1. The van der Waals surface area contributed by atoms with E-state index in [1.165, 1.54) is 0 Å². The molecule has 1 aliphatic rings. The number of rotatable bonds is 4. The second kappa shape index (κ2) is 8.72. The van der Waals surface area contributed by atoms with Crippen LogP contribution in [0.1, 0.15) is 51.2 Å². The van der Waals surface area contributed by atoms with Gasteiger partial charge in [-0.3, -0.25) is 9.59 Å². The van der Waals surface area contributed by atoms with Crippen LogP contribution < -0.4 is 10.2 Å². The molecule has 1 unspecified atom stereocenters. The van der Waals surface area contributed by atoms with Crippen molar-refractivity contribution in [2.24, 2.45) is 0 Å². The molecule has 0 spiro atoms. The molecule has 1 N–H and O–H groups in total. The number of fused-ring (bicyclic) bond motifs is 1. The van der Waals surface area contributed by atoms with Crippen molar-refractivity contribution in [1.29, 1.82) is 0 Å². The fourth-order valence-corrected chi connectivity index (χ4v) is 4.02. The Morgan fingerprint density at radius 2 is 1.77 bits per heavy atom. The lowest BCUT2D eigenvalue weighted by Crippen LogP contribution is -2.35. The van der Waals surface area contributed by atoms with Gasteiger partial charge in [0.25, 0.3) is 11.8 Å². The molecule has 0 saturated heterocycles. The molecule has 0 saturated carbocycles. The van der Waals surface area contributed by atoms with Crippen molar-refractivity contribution < 1.29 is 9.59 Å². The normalized spacial score (nSPS) is 14.0. The molecule has 30 heavy (non-hydrogen) atoms. The van der Waals surface area contributed by atoms with Gasteiger partial charge in [0.1, 0.15) is 0 Å². The Morgan fingerprint density at radius 1 is 0.967 bits per heavy atom. The number of hydrogen-bond donors (Lipinski definition) is 1. The lowest BCUT2D eigenvalue weighted by molar-refractivity contribution is 0.0939. The highest BCUT2D eigenvalue weighted by Gasteiger charge is 2.25. The molecule has 5 heteroatoms. The molecule has 1 atom stereocenters. The third-order valence-electron chi connectivity index (χ3n) is 5.42. The standard InChI is InChI=1S/C25H23ClN2O2/c1-17(18-7-3-2-4-8-18)27-24(29)20-12-13-23-19(15-20)10-6-14-28(23)25(30)21-9-5-11-22(26)16-21/h2-5,7-9,11-13,15-17H,6,10,14H2,1H3,(H,27,29). The predicted molar refractivity (Wildman–Crippen MR) is 120 cm³/mol. The summed E-state index contributed by atoms with van der Waals surface area (Å²) >= 11 is 6.05. The average Bonchev–Trinajstić information content (AvgIpc) is 2.78. The van der Waals surface area contributed by atoms with Gasteiger partial charge in [-0.2, -0.15) is 0 Å². The number of carbonyl (C=O) groups excluding carboxylic acids is 2. The maximum atomic E-state index is 13.0. The number of nitrogens with one attached hydrogen (secondary N) is 1. The van der Waals surface area contributed by atoms with E-state index < -0.39 is 0 Å². The minimum absolute atomic E-state index is 0.0756. The molecular formula is C25H23ClN2O2. The van der Waals surface area contributed by atoms with E-state index in [0.29, 0.717) is 22.7 Å². The van der Waals surface area contributed by atoms with Gasteiger partial charge in [-0.25, -0.2) is 0 Å². The summed E-state index contributed by atoms with van der Waals surface area (Å²) in [5.41, 5.74) is 4.10. The minimum atomic E-state index is -0.118. The van der Waals surface area contributed by atoms with Crippen LogP contribution in [-0.4, -0.2) is 18.4 Å². The first kappa shape index (κ1) is 20.2. The molecule has 4 rings (SSSR count). The largest absolute Gasteiger partial charge is 0.346 e. The first-order valence-electron chi connectivity index (χ1n) is 10.1. The Balaban J connectivity index is 1.54. The Morgan fingerprint density at radius 3 is 2.53 bits per heavy atom. The molecule has 0 aromatic heterocycles. The third kappa shape index (κ3) is 4.24. The van der Waals surface area contributed by atoms with Gasteiger partial charge in [-0.15, -0.1) is 0 Å². The molecule has 0 radical (unpaired) electrons. The molecule has 0 fully saturated rings. The number of amides is 2. The Kier molecular flexibility index (Phi) is 5.86. The summed E-state index contributed by atoms with van der Waals surface area (Å²) in [6, 6.07) is 22.3. The number of hydrogen-bond acceptors (Lipinski definition) is 2. The van der Waals surface area contributed by atoms with Crippen LogP contribution in [0.15, 0.2) is 72.8 Å². The van der Waals surface area contributed by atoms with E-state index in [4.69, 9.17) is 11.6 Å². The Labute approximate surface area is 181 Å². The van der Waals surface area contributed by atoms with Crippen molar-refractivity contribution in [3.63, 3.8) is 0 Å². The maximum Gasteiger partial charge on any atom is 0.258 e. The highest BCUT2D eigenvalue weighted by Crippen LogP contribution is 2.30. The van der Waals surface area contributed by atoms with Gasteiger partial charge in [0.2, 0.25) is 0 Å². The van der Waals surface area contributed by atoms with E-state index in [0.717, 1.165) is 29.7 Å². The van der Waals surface area contributed by atoms with Gasteiger partial charge in [-0.05, 0) is 67.3 Å². The van der Waals surface area contributed by atoms with Gasteiger partial charge in [0.15, 0.2) is 0 Å². The summed E-state index contributed by atoms with van der Waals surface area (Å²) in [5.74, 6) is -0.194. The predicted octanol–water partition coefficient (Wildman–Crippen LogP) is 5.42. The lowest BCUT2D eigenvalue weighted by atomic mass is 9.98. The summed E-state index contributed by atoms with van der Waals surface area (Å²) in [5, 5.41) is 3.59. The molecule has 3 aromatic carbocycles. The summed E-state index contributed by atoms with van der Waals surface area (Å²) in [4.78, 5) is 27.6.